The molecule has 0 aromatic heterocycles. The number of hydrazine groups is 1. The summed E-state index contributed by atoms with van der Waals surface area (Å²) in [7, 11) is 1.63. The summed E-state index contributed by atoms with van der Waals surface area (Å²) in [6.45, 7) is 1.70. The van der Waals surface area contributed by atoms with Gasteiger partial charge in [0.2, 0.25) is 0 Å². The van der Waals surface area contributed by atoms with Crippen LogP contribution in [0.1, 0.15) is 11.1 Å². The molecule has 6 heteroatoms. The summed E-state index contributed by atoms with van der Waals surface area (Å²) < 4.78 is 10.6. The maximum Gasteiger partial charge on any atom is 0.276 e. The summed E-state index contributed by atoms with van der Waals surface area (Å²) in [5, 5.41) is 2.09. The van der Waals surface area contributed by atoms with Crippen molar-refractivity contribution >= 4 is 28.7 Å². The molecule has 3 aromatic rings. The lowest BCUT2D eigenvalue weighted by Gasteiger charge is -2.09. The zero-order valence-corrected chi connectivity index (χ0v) is 16.3. The van der Waals surface area contributed by atoms with Crippen LogP contribution in [0.3, 0.4) is 0 Å². The first-order valence-corrected chi connectivity index (χ1v) is 9.08. The quantitative estimate of drug-likeness (QED) is 0.500. The van der Waals surface area contributed by atoms with Gasteiger partial charge in [0.05, 0.1) is 7.11 Å². The fourth-order valence-electron chi connectivity index (χ4n) is 2.72. The van der Waals surface area contributed by atoms with E-state index in [1.165, 1.54) is 6.08 Å². The fourth-order valence-corrected chi connectivity index (χ4v) is 2.72. The van der Waals surface area contributed by atoms with E-state index in [1.807, 2.05) is 61.5 Å². The fraction of sp³-hybridized carbons (Fsp3) is 0.130. The minimum Gasteiger partial charge on any atom is -0.497 e. The van der Waals surface area contributed by atoms with Crippen molar-refractivity contribution in [1.29, 1.82) is 0 Å². The zero-order valence-electron chi connectivity index (χ0n) is 16.3. The van der Waals surface area contributed by atoms with Crippen molar-refractivity contribution in [3.05, 3.63) is 77.9 Å². The summed E-state index contributed by atoms with van der Waals surface area (Å²) in [4.78, 5) is 23.7. The molecule has 0 aliphatic rings. The van der Waals surface area contributed by atoms with Gasteiger partial charge in [-0.05, 0) is 59.2 Å². The Hall–Kier alpha value is -3.80. The molecule has 0 saturated heterocycles. The molecule has 2 amide bonds. The van der Waals surface area contributed by atoms with E-state index in [9.17, 15) is 9.59 Å². The number of carbonyl (C=O) groups is 2. The van der Waals surface area contributed by atoms with E-state index in [4.69, 9.17) is 9.47 Å². The van der Waals surface area contributed by atoms with Crippen molar-refractivity contribution in [2.24, 2.45) is 0 Å². The van der Waals surface area contributed by atoms with Crippen molar-refractivity contribution in [2.75, 3.05) is 13.7 Å². The van der Waals surface area contributed by atoms with E-state index in [0.29, 0.717) is 5.75 Å². The van der Waals surface area contributed by atoms with Gasteiger partial charge in [-0.3, -0.25) is 20.4 Å². The molecule has 3 aromatic carbocycles. The molecule has 0 aliphatic heterocycles. The zero-order chi connectivity index (χ0) is 20.6. The van der Waals surface area contributed by atoms with E-state index in [1.54, 1.807) is 19.3 Å². The van der Waals surface area contributed by atoms with Crippen LogP contribution >= 0.6 is 0 Å². The second-order valence-electron chi connectivity index (χ2n) is 6.40. The van der Waals surface area contributed by atoms with Gasteiger partial charge in [0.25, 0.3) is 11.8 Å². The van der Waals surface area contributed by atoms with Crippen LogP contribution in [0.15, 0.2) is 66.7 Å². The van der Waals surface area contributed by atoms with Crippen molar-refractivity contribution in [3.8, 4) is 11.5 Å². The normalized spacial score (nSPS) is 10.7. The van der Waals surface area contributed by atoms with Crippen molar-refractivity contribution in [1.82, 2.24) is 10.9 Å². The second-order valence-corrected chi connectivity index (χ2v) is 6.40. The summed E-state index contributed by atoms with van der Waals surface area (Å²) in [6.07, 6.45) is 3.03. The SMILES string of the molecule is COc1ccc2cc(/C=C/C(=O)NNC(=O)COc3ccccc3C)ccc2c1. The molecular weight excluding hydrogens is 368 g/mol. The Balaban J connectivity index is 1.49. The summed E-state index contributed by atoms with van der Waals surface area (Å²) >= 11 is 0. The maximum absolute atomic E-state index is 11.9. The summed E-state index contributed by atoms with van der Waals surface area (Å²) in [5.41, 5.74) is 6.46. The van der Waals surface area contributed by atoms with Crippen LogP contribution in [0.5, 0.6) is 11.5 Å². The average molecular weight is 390 g/mol. The number of para-hydroxylation sites is 1. The van der Waals surface area contributed by atoms with Crippen LogP contribution in [0.25, 0.3) is 16.8 Å². The summed E-state index contributed by atoms with van der Waals surface area (Å²) in [5.74, 6) is 0.531. The molecule has 0 spiro atoms. The van der Waals surface area contributed by atoms with E-state index >= 15 is 0 Å². The number of fused-ring (bicyclic) bond motifs is 1. The number of amides is 2. The molecule has 0 fully saturated rings. The van der Waals surface area contributed by atoms with E-state index in [0.717, 1.165) is 27.6 Å². The number of hydrogen-bond donors (Lipinski definition) is 2. The number of methoxy groups -OCH3 is 1. The lowest BCUT2D eigenvalue weighted by molar-refractivity contribution is -0.128. The van der Waals surface area contributed by atoms with Crippen LogP contribution in [0.4, 0.5) is 0 Å². The lowest BCUT2D eigenvalue weighted by Crippen LogP contribution is -2.43. The molecule has 3 rings (SSSR count). The Labute approximate surface area is 169 Å². The van der Waals surface area contributed by atoms with Crippen LogP contribution in [0.2, 0.25) is 0 Å². The van der Waals surface area contributed by atoms with Crippen molar-refractivity contribution in [3.63, 3.8) is 0 Å². The van der Waals surface area contributed by atoms with E-state index in [2.05, 4.69) is 10.9 Å². The predicted octanol–water partition coefficient (Wildman–Crippen LogP) is 3.40. The predicted molar refractivity (Wildman–Crippen MR) is 112 cm³/mol. The second kappa shape index (κ2) is 9.41. The standard InChI is InChI=1S/C23H22N2O4/c1-16-5-3-4-6-21(16)29-15-23(27)25-24-22(26)12-8-17-7-9-19-14-20(28-2)11-10-18(19)13-17/h3-14H,15H2,1-2H3,(H,24,26)(H,25,27)/b12-8+. The molecule has 0 heterocycles. The van der Waals surface area contributed by atoms with Crippen LogP contribution in [-0.2, 0) is 9.59 Å². The van der Waals surface area contributed by atoms with Gasteiger partial charge in [-0.1, -0.05) is 36.4 Å². The minimum atomic E-state index is -0.449. The Morgan fingerprint density at radius 3 is 2.52 bits per heavy atom. The lowest BCUT2D eigenvalue weighted by atomic mass is 10.1. The van der Waals surface area contributed by atoms with Gasteiger partial charge in [-0.2, -0.15) is 0 Å². The van der Waals surface area contributed by atoms with Crippen LogP contribution in [-0.4, -0.2) is 25.5 Å². The monoisotopic (exact) mass is 390 g/mol. The molecular formula is C23H22N2O4. The molecule has 0 bridgehead atoms. The Bertz CT molecular complexity index is 1060. The third-order valence-corrected chi connectivity index (χ3v) is 4.28. The van der Waals surface area contributed by atoms with Gasteiger partial charge in [0.1, 0.15) is 11.5 Å². The highest BCUT2D eigenvalue weighted by Gasteiger charge is 2.05. The first-order valence-electron chi connectivity index (χ1n) is 9.08. The van der Waals surface area contributed by atoms with Gasteiger partial charge >= 0.3 is 0 Å². The molecule has 148 valence electrons. The summed E-state index contributed by atoms with van der Waals surface area (Å²) in [6, 6.07) is 19.0. The highest BCUT2D eigenvalue weighted by molar-refractivity contribution is 5.94. The molecule has 29 heavy (non-hydrogen) atoms. The molecule has 0 radical (unpaired) electrons. The van der Waals surface area contributed by atoms with Crippen molar-refractivity contribution < 1.29 is 19.1 Å². The molecule has 0 saturated carbocycles. The number of carbonyl (C=O) groups excluding carboxylic acids is 2. The third-order valence-electron chi connectivity index (χ3n) is 4.28. The molecule has 6 nitrogen and oxygen atoms in total. The minimum absolute atomic E-state index is 0.191. The number of rotatable bonds is 6. The van der Waals surface area contributed by atoms with E-state index in [-0.39, 0.29) is 6.61 Å². The number of nitrogens with one attached hydrogen (secondary N) is 2. The molecule has 0 unspecified atom stereocenters. The largest absolute Gasteiger partial charge is 0.497 e. The first kappa shape index (κ1) is 19.9. The maximum atomic E-state index is 11.9. The Morgan fingerprint density at radius 1 is 0.966 bits per heavy atom. The molecule has 0 atom stereocenters. The van der Waals surface area contributed by atoms with Gasteiger partial charge in [0, 0.05) is 6.08 Å². The van der Waals surface area contributed by atoms with Crippen molar-refractivity contribution in [2.45, 2.75) is 6.92 Å². The highest BCUT2D eigenvalue weighted by Crippen LogP contribution is 2.22. The van der Waals surface area contributed by atoms with Gasteiger partial charge in [0.15, 0.2) is 6.61 Å². The van der Waals surface area contributed by atoms with Gasteiger partial charge in [-0.15, -0.1) is 0 Å². The number of aryl methyl sites for hydroxylation is 1. The number of hydrogen-bond acceptors (Lipinski definition) is 4. The first-order chi connectivity index (χ1) is 14.0. The van der Waals surface area contributed by atoms with Gasteiger partial charge < -0.3 is 9.47 Å². The average Bonchev–Trinajstić information content (AvgIpc) is 2.75. The highest BCUT2D eigenvalue weighted by atomic mass is 16.5. The molecule has 2 N–H and O–H groups in total. The molecule has 0 aliphatic carbocycles. The topological polar surface area (TPSA) is 76.7 Å². The Morgan fingerprint density at radius 2 is 1.72 bits per heavy atom. The van der Waals surface area contributed by atoms with Crippen LogP contribution < -0.4 is 20.3 Å². The van der Waals surface area contributed by atoms with Crippen LogP contribution in [0, 0.1) is 6.92 Å². The van der Waals surface area contributed by atoms with Gasteiger partial charge in [-0.25, -0.2) is 0 Å². The number of benzene rings is 3. The smallest absolute Gasteiger partial charge is 0.276 e. The third kappa shape index (κ3) is 5.59. The van der Waals surface area contributed by atoms with E-state index < -0.39 is 11.8 Å². The number of ether oxygens (including phenoxy) is 2. The Kier molecular flexibility index (Phi) is 6.47.